The van der Waals surface area contributed by atoms with E-state index in [0.29, 0.717) is 29.8 Å². The van der Waals surface area contributed by atoms with Crippen molar-refractivity contribution in [2.24, 2.45) is 7.05 Å². The van der Waals surface area contributed by atoms with Crippen LogP contribution in [0.25, 0.3) is 11.0 Å². The number of rotatable bonds is 16. The molecule has 13 heteroatoms. The molecule has 2 aromatic heterocycles. The molecule has 2 amide bonds. The summed E-state index contributed by atoms with van der Waals surface area (Å²) in [5.41, 5.74) is 3.12. The fourth-order valence-electron chi connectivity index (χ4n) is 4.65. The number of pyridine rings is 1. The molecule has 3 N–H and O–H groups in total. The highest BCUT2D eigenvalue weighted by Gasteiger charge is 2.22. The van der Waals surface area contributed by atoms with Crippen molar-refractivity contribution in [1.29, 1.82) is 5.41 Å². The van der Waals surface area contributed by atoms with E-state index in [2.05, 4.69) is 22.5 Å². The van der Waals surface area contributed by atoms with E-state index in [9.17, 15) is 14.4 Å². The van der Waals surface area contributed by atoms with Crippen molar-refractivity contribution >= 4 is 40.5 Å². The number of hydrogen-bond acceptors (Lipinski definition) is 10. The summed E-state index contributed by atoms with van der Waals surface area (Å²) in [4.78, 5) is 52.1. The fourth-order valence-corrected chi connectivity index (χ4v) is 4.65. The number of alkyl carbamates (subject to hydrolysis) is 1. The van der Waals surface area contributed by atoms with E-state index in [1.165, 1.54) is 0 Å². The number of nitrogens with zero attached hydrogens (tertiary/aromatic N) is 4. The molecule has 0 aliphatic rings. The Bertz CT molecular complexity index is 1660. The van der Waals surface area contributed by atoms with Gasteiger partial charge in [0, 0.05) is 36.1 Å². The minimum Gasteiger partial charge on any atom is -0.466 e. The van der Waals surface area contributed by atoms with Crippen molar-refractivity contribution < 1.29 is 28.7 Å². The normalized spacial score (nSPS) is 10.7. The zero-order valence-corrected chi connectivity index (χ0v) is 27.0. The zero-order valence-electron chi connectivity index (χ0n) is 27.0. The molecule has 0 radical (unpaired) electrons. The molecule has 0 saturated carbocycles. The number of fused-ring (bicyclic) bond motifs is 1. The summed E-state index contributed by atoms with van der Waals surface area (Å²) in [5.74, 6) is 0.0146. The number of amidine groups is 1. The van der Waals surface area contributed by atoms with Crippen LogP contribution in [0.2, 0.25) is 0 Å². The van der Waals surface area contributed by atoms with Crippen molar-refractivity contribution in [3.8, 4) is 5.88 Å². The number of benzene rings is 2. The van der Waals surface area contributed by atoms with E-state index in [0.717, 1.165) is 47.8 Å². The van der Waals surface area contributed by atoms with E-state index in [4.69, 9.17) is 24.7 Å². The van der Waals surface area contributed by atoms with Crippen LogP contribution in [0.15, 0.2) is 66.9 Å². The molecule has 0 atom stereocenters. The minimum absolute atomic E-state index is 0.0266. The molecule has 0 aliphatic carbocycles. The van der Waals surface area contributed by atoms with Crippen molar-refractivity contribution in [1.82, 2.24) is 24.9 Å². The monoisotopic (exact) mass is 643 g/mol. The Morgan fingerprint density at radius 3 is 2.47 bits per heavy atom. The van der Waals surface area contributed by atoms with Crippen LogP contribution in [0, 0.1) is 5.41 Å². The molecule has 0 spiro atoms. The number of carbonyl (C=O) groups excluding carboxylic acids is 3. The maximum absolute atomic E-state index is 13.5. The van der Waals surface area contributed by atoms with E-state index in [1.807, 2.05) is 29.8 Å². The summed E-state index contributed by atoms with van der Waals surface area (Å²) >= 11 is 0. The van der Waals surface area contributed by atoms with Gasteiger partial charge in [-0.2, -0.15) is 5.06 Å². The largest absolute Gasteiger partial charge is 0.466 e. The van der Waals surface area contributed by atoms with Crippen LogP contribution in [0.3, 0.4) is 0 Å². The van der Waals surface area contributed by atoms with Gasteiger partial charge >= 0.3 is 12.1 Å². The lowest BCUT2D eigenvalue weighted by molar-refractivity contribution is -0.144. The molecular formula is C34H41N7O6. The second kappa shape index (κ2) is 17.3. The first-order chi connectivity index (χ1) is 22.8. The Balaban J connectivity index is 1.37. The Morgan fingerprint density at radius 1 is 0.957 bits per heavy atom. The topological polar surface area (TPSA) is 161 Å². The van der Waals surface area contributed by atoms with Crippen LogP contribution in [0.1, 0.15) is 67.7 Å². The first-order valence-electron chi connectivity index (χ1n) is 15.7. The van der Waals surface area contributed by atoms with Crippen LogP contribution < -0.4 is 15.5 Å². The predicted octanol–water partition coefficient (Wildman–Crippen LogP) is 5.60. The molecule has 2 heterocycles. The second-order valence-electron chi connectivity index (χ2n) is 10.6. The lowest BCUT2D eigenvalue weighted by atomic mass is 10.2. The van der Waals surface area contributed by atoms with Gasteiger partial charge in [0.25, 0.3) is 5.91 Å². The number of hydrogen-bond donors (Lipinski definition) is 3. The third-order valence-electron chi connectivity index (χ3n) is 7.20. The summed E-state index contributed by atoms with van der Waals surface area (Å²) in [5, 5.41) is 15.1. The van der Waals surface area contributed by atoms with Gasteiger partial charge in [-0.1, -0.05) is 32.3 Å². The molecule has 13 nitrogen and oxygen atoms in total. The molecule has 0 fully saturated rings. The predicted molar refractivity (Wildman–Crippen MR) is 177 cm³/mol. The first kappa shape index (κ1) is 34.4. The van der Waals surface area contributed by atoms with Crippen LogP contribution in [0.5, 0.6) is 5.88 Å². The van der Waals surface area contributed by atoms with E-state index >= 15 is 0 Å². The van der Waals surface area contributed by atoms with Gasteiger partial charge in [0.05, 0.1) is 43.8 Å². The molecule has 0 bridgehead atoms. The average Bonchev–Trinajstić information content (AvgIpc) is 3.40. The highest BCUT2D eigenvalue weighted by atomic mass is 16.7. The lowest BCUT2D eigenvalue weighted by Gasteiger charge is -2.21. The van der Waals surface area contributed by atoms with E-state index in [1.54, 1.807) is 55.6 Å². The van der Waals surface area contributed by atoms with Gasteiger partial charge in [0.15, 0.2) is 0 Å². The minimum atomic E-state index is -0.634. The molecule has 0 aliphatic heterocycles. The van der Waals surface area contributed by atoms with Crippen LogP contribution in [-0.4, -0.2) is 63.2 Å². The number of anilines is 1. The summed E-state index contributed by atoms with van der Waals surface area (Å²) in [6.07, 6.45) is 4.89. The molecule has 0 saturated heterocycles. The number of imidazole rings is 1. The zero-order chi connectivity index (χ0) is 33.6. The third-order valence-corrected chi connectivity index (χ3v) is 7.20. The van der Waals surface area contributed by atoms with Crippen LogP contribution in [-0.2, 0) is 27.9 Å². The van der Waals surface area contributed by atoms with Crippen molar-refractivity contribution in [3.63, 3.8) is 0 Å². The van der Waals surface area contributed by atoms with Crippen LogP contribution >= 0.6 is 0 Å². The number of amides is 2. The van der Waals surface area contributed by atoms with E-state index in [-0.39, 0.29) is 31.3 Å². The Kier molecular flexibility index (Phi) is 12.7. The SMILES string of the molecule is CCCCCCOC(=O)NC(=N)c1ccc(NCc2nc3cc(C(=O)N(CCC(=O)OCC)Oc4ccccn4)ccc3n2C)cc1. The summed E-state index contributed by atoms with van der Waals surface area (Å²) in [6.45, 7) is 4.77. The van der Waals surface area contributed by atoms with Crippen molar-refractivity contribution in [2.75, 3.05) is 25.1 Å². The maximum atomic E-state index is 13.5. The number of aryl methyl sites for hydroxylation is 1. The van der Waals surface area contributed by atoms with Crippen molar-refractivity contribution in [3.05, 3.63) is 83.8 Å². The summed E-state index contributed by atoms with van der Waals surface area (Å²) in [7, 11) is 1.89. The van der Waals surface area contributed by atoms with Gasteiger partial charge in [-0.05, 0) is 61.9 Å². The molecule has 0 unspecified atom stereocenters. The number of nitrogens with one attached hydrogen (secondary N) is 3. The molecule has 47 heavy (non-hydrogen) atoms. The number of carbonyl (C=O) groups is 3. The van der Waals surface area contributed by atoms with Crippen molar-refractivity contribution in [2.45, 2.75) is 52.5 Å². The Labute approximate surface area is 273 Å². The number of aromatic nitrogens is 3. The van der Waals surface area contributed by atoms with Gasteiger partial charge in [0.1, 0.15) is 11.7 Å². The summed E-state index contributed by atoms with van der Waals surface area (Å²) in [6, 6.07) is 17.4. The fraction of sp³-hybridized carbons (Fsp3) is 0.353. The molecular weight excluding hydrogens is 602 g/mol. The highest BCUT2D eigenvalue weighted by molar-refractivity contribution is 6.04. The lowest BCUT2D eigenvalue weighted by Crippen LogP contribution is -2.36. The van der Waals surface area contributed by atoms with E-state index < -0.39 is 18.0 Å². The number of esters is 1. The highest BCUT2D eigenvalue weighted by Crippen LogP contribution is 2.20. The summed E-state index contributed by atoms with van der Waals surface area (Å²) < 4.78 is 12.1. The molecule has 2 aromatic carbocycles. The Hall–Kier alpha value is -5.46. The second-order valence-corrected chi connectivity index (χ2v) is 10.6. The van der Waals surface area contributed by atoms with Gasteiger partial charge in [-0.25, -0.2) is 14.8 Å². The maximum Gasteiger partial charge on any atom is 0.412 e. The molecule has 248 valence electrons. The average molecular weight is 644 g/mol. The number of hydroxylamine groups is 2. The van der Waals surface area contributed by atoms with Crippen LogP contribution in [0.4, 0.5) is 10.5 Å². The molecule has 4 aromatic rings. The molecule has 4 rings (SSSR count). The number of ether oxygens (including phenoxy) is 2. The third kappa shape index (κ3) is 10.0. The standard InChI is InChI=1S/C34H41N7O6/c1-4-6-7-10-21-46-34(44)39-32(35)24-12-15-26(16-13-24)37-23-29-38-27-22-25(14-17-28(27)40(29)3)33(43)41(20-18-31(42)45-5-2)47-30-11-8-9-19-36-30/h8-9,11-17,19,22,37H,4-7,10,18,20-21,23H2,1-3H3,(H2,35,39,44). The van der Waals surface area contributed by atoms with Gasteiger partial charge in [0.2, 0.25) is 5.88 Å². The van der Waals surface area contributed by atoms with Gasteiger partial charge < -0.3 is 24.2 Å². The van der Waals surface area contributed by atoms with Gasteiger partial charge in [-0.3, -0.25) is 20.3 Å². The number of unbranched alkanes of at least 4 members (excludes halogenated alkanes) is 3. The Morgan fingerprint density at radius 2 is 1.74 bits per heavy atom. The smallest absolute Gasteiger partial charge is 0.412 e. The first-order valence-corrected chi connectivity index (χ1v) is 15.7. The van der Waals surface area contributed by atoms with Gasteiger partial charge in [-0.15, -0.1) is 0 Å². The quantitative estimate of drug-likeness (QED) is 0.0464.